The van der Waals surface area contributed by atoms with E-state index in [0.29, 0.717) is 49.7 Å². The minimum Gasteiger partial charge on any atom is -0.497 e. The van der Waals surface area contributed by atoms with E-state index in [1.807, 2.05) is 36.4 Å². The van der Waals surface area contributed by atoms with Gasteiger partial charge in [-0.3, -0.25) is 14.4 Å². The van der Waals surface area contributed by atoms with E-state index >= 15 is 0 Å². The third-order valence-corrected chi connectivity index (χ3v) is 11.5. The van der Waals surface area contributed by atoms with E-state index in [0.717, 1.165) is 35.3 Å². The van der Waals surface area contributed by atoms with E-state index in [1.54, 1.807) is 73.8 Å². The number of rotatable bonds is 13. The Labute approximate surface area is 328 Å². The Morgan fingerprint density at radius 3 is 2.31 bits per heavy atom. The van der Waals surface area contributed by atoms with Crippen LogP contribution in [0.2, 0.25) is 0 Å². The van der Waals surface area contributed by atoms with Gasteiger partial charge in [0.2, 0.25) is 5.91 Å². The van der Waals surface area contributed by atoms with E-state index < -0.39 is 23.0 Å². The zero-order valence-electron chi connectivity index (χ0n) is 30.8. The second-order valence-electron chi connectivity index (χ2n) is 12.9. The van der Waals surface area contributed by atoms with Crippen LogP contribution in [-0.2, 0) is 27.2 Å². The summed E-state index contributed by atoms with van der Waals surface area (Å²) in [4.78, 5) is 56.1. The van der Waals surface area contributed by atoms with Gasteiger partial charge in [-0.1, -0.05) is 61.5 Å². The second-order valence-corrected chi connectivity index (χ2v) is 15.2. The van der Waals surface area contributed by atoms with Gasteiger partial charge < -0.3 is 30.2 Å². The maximum atomic E-state index is 14.2. The van der Waals surface area contributed by atoms with Crippen LogP contribution in [0.5, 0.6) is 11.5 Å². The summed E-state index contributed by atoms with van der Waals surface area (Å²) in [6.45, 7) is 2.19. The molecule has 6 rings (SSSR count). The molecule has 5 aromatic rings. The maximum Gasteiger partial charge on any atom is 0.341 e. The fourth-order valence-corrected chi connectivity index (χ4v) is 8.74. The molecular weight excluding hydrogens is 735 g/mol. The van der Waals surface area contributed by atoms with Crippen molar-refractivity contribution in [2.75, 3.05) is 32.0 Å². The molecule has 282 valence electrons. The molecule has 2 unspecified atom stereocenters. The number of carbonyl (C=O) groups is 4. The van der Waals surface area contributed by atoms with Gasteiger partial charge in [0.05, 0.1) is 26.9 Å². The monoisotopic (exact) mass is 775 g/mol. The molecular formula is C43H41N3O7S2. The molecule has 12 heteroatoms. The number of esters is 1. The van der Waals surface area contributed by atoms with Crippen molar-refractivity contribution in [3.05, 3.63) is 142 Å². The Bertz CT molecular complexity index is 2220. The number of hydrogen-bond acceptors (Lipinski definition) is 9. The van der Waals surface area contributed by atoms with Crippen LogP contribution in [0.4, 0.5) is 10.7 Å². The summed E-state index contributed by atoms with van der Waals surface area (Å²) in [5, 5.41) is 8.52. The van der Waals surface area contributed by atoms with Crippen LogP contribution in [0.1, 0.15) is 60.9 Å². The topological polar surface area (TPSA) is 132 Å². The second kappa shape index (κ2) is 18.0. The number of hydrogen-bond donors (Lipinski definition) is 3. The van der Waals surface area contributed by atoms with Crippen LogP contribution in [0.3, 0.4) is 0 Å². The van der Waals surface area contributed by atoms with Crippen molar-refractivity contribution in [3.8, 4) is 11.5 Å². The van der Waals surface area contributed by atoms with Crippen LogP contribution < -0.4 is 25.4 Å². The van der Waals surface area contributed by atoms with E-state index in [1.165, 1.54) is 43.4 Å². The summed E-state index contributed by atoms with van der Waals surface area (Å²) in [5.41, 5.74) is 3.48. The van der Waals surface area contributed by atoms with Crippen LogP contribution in [0, 0.1) is 5.92 Å². The average molecular weight is 776 g/mol. The lowest BCUT2D eigenvalue weighted by molar-refractivity contribution is -0.116. The molecule has 2 atom stereocenters. The Hall–Kier alpha value is -5.85. The number of nitrogens with one attached hydrogen (secondary N) is 3. The van der Waals surface area contributed by atoms with Crippen molar-refractivity contribution in [2.45, 2.75) is 36.3 Å². The standard InChI is InChI=1S/C43H41N3O7S2/c1-26-18-21-33-36(22-26)55-42(37(33)43(50)53-4)46-41(49)38(27-12-7-5-8-13-27)54-32-17-11-16-30(24-32)44-40(48)34(45-39(47)28-14-9-6-10-15-28)23-29-19-20-31(51-2)25-35(29)52-3/h5-17,19-20,23-26,38H,18,21-22H2,1-4H3,(H,44,48)(H,45,47)(H,46,49)/b34-23+. The predicted octanol–water partition coefficient (Wildman–Crippen LogP) is 8.56. The average Bonchev–Trinajstić information content (AvgIpc) is 3.56. The SMILES string of the molecule is COC(=O)c1c(NC(=O)C(Sc2cccc(NC(=O)/C(=C\c3ccc(OC)cc3OC)NC(=O)c3ccccc3)c2)c2ccccc2)sc2c1CCC(C)C2. The van der Waals surface area contributed by atoms with E-state index in [9.17, 15) is 19.2 Å². The first-order valence-electron chi connectivity index (χ1n) is 17.6. The lowest BCUT2D eigenvalue weighted by atomic mass is 9.88. The molecule has 0 saturated carbocycles. The summed E-state index contributed by atoms with van der Waals surface area (Å²) >= 11 is 2.74. The molecule has 3 amide bonds. The van der Waals surface area contributed by atoms with E-state index in [4.69, 9.17) is 14.2 Å². The summed E-state index contributed by atoms with van der Waals surface area (Å²) in [6, 6.07) is 30.2. The van der Waals surface area contributed by atoms with Crippen molar-refractivity contribution in [1.29, 1.82) is 0 Å². The summed E-state index contributed by atoms with van der Waals surface area (Å²) < 4.78 is 16.0. The zero-order chi connectivity index (χ0) is 38.9. The molecule has 3 N–H and O–H groups in total. The fraction of sp³-hybridized carbons (Fsp3) is 0.209. The highest BCUT2D eigenvalue weighted by atomic mass is 32.2. The third kappa shape index (κ3) is 9.45. The number of methoxy groups -OCH3 is 3. The van der Waals surface area contributed by atoms with Gasteiger partial charge >= 0.3 is 5.97 Å². The molecule has 1 heterocycles. The van der Waals surface area contributed by atoms with Gasteiger partial charge in [0.15, 0.2) is 0 Å². The third-order valence-electron chi connectivity index (χ3n) is 9.09. The molecule has 10 nitrogen and oxygen atoms in total. The Balaban J connectivity index is 1.27. The Morgan fingerprint density at radius 2 is 1.60 bits per heavy atom. The molecule has 1 aliphatic carbocycles. The lowest BCUT2D eigenvalue weighted by Gasteiger charge is -2.18. The number of anilines is 2. The molecule has 0 fully saturated rings. The minimum atomic E-state index is -0.709. The van der Waals surface area contributed by atoms with Crippen LogP contribution in [-0.4, -0.2) is 45.0 Å². The van der Waals surface area contributed by atoms with Gasteiger partial charge in [0.1, 0.15) is 27.4 Å². The van der Waals surface area contributed by atoms with Crippen LogP contribution >= 0.6 is 23.1 Å². The first-order chi connectivity index (χ1) is 26.7. The molecule has 1 aromatic heterocycles. The molecule has 0 saturated heterocycles. The minimum absolute atomic E-state index is 0.0219. The van der Waals surface area contributed by atoms with Crippen molar-refractivity contribution < 1.29 is 33.4 Å². The van der Waals surface area contributed by atoms with Crippen LogP contribution in [0.15, 0.2) is 114 Å². The Morgan fingerprint density at radius 1 is 0.855 bits per heavy atom. The number of carbonyl (C=O) groups excluding carboxylic acids is 4. The smallest absolute Gasteiger partial charge is 0.341 e. The van der Waals surface area contributed by atoms with Crippen molar-refractivity contribution in [1.82, 2.24) is 5.32 Å². The molecule has 0 aliphatic heterocycles. The molecule has 0 spiro atoms. The number of thiophene rings is 1. The maximum absolute atomic E-state index is 14.2. The van der Waals surface area contributed by atoms with Gasteiger partial charge in [-0.15, -0.1) is 23.1 Å². The molecule has 4 aromatic carbocycles. The van der Waals surface area contributed by atoms with Crippen molar-refractivity contribution >= 4 is 63.6 Å². The predicted molar refractivity (Wildman–Crippen MR) is 217 cm³/mol. The lowest BCUT2D eigenvalue weighted by Crippen LogP contribution is -2.30. The van der Waals surface area contributed by atoms with Gasteiger partial charge in [0, 0.05) is 32.7 Å². The summed E-state index contributed by atoms with van der Waals surface area (Å²) in [7, 11) is 4.40. The van der Waals surface area contributed by atoms with Crippen molar-refractivity contribution in [2.24, 2.45) is 5.92 Å². The molecule has 0 radical (unpaired) electrons. The molecule has 1 aliphatic rings. The quantitative estimate of drug-likeness (QED) is 0.0616. The zero-order valence-corrected chi connectivity index (χ0v) is 32.5. The largest absolute Gasteiger partial charge is 0.497 e. The number of benzene rings is 4. The Kier molecular flexibility index (Phi) is 12.7. The molecule has 0 bridgehead atoms. The van der Waals surface area contributed by atoms with Crippen molar-refractivity contribution in [3.63, 3.8) is 0 Å². The van der Waals surface area contributed by atoms with Crippen LogP contribution in [0.25, 0.3) is 6.08 Å². The first kappa shape index (κ1) is 38.9. The fourth-order valence-electron chi connectivity index (χ4n) is 6.25. The summed E-state index contributed by atoms with van der Waals surface area (Å²) in [6.07, 6.45) is 4.09. The number of ether oxygens (including phenoxy) is 3. The first-order valence-corrected chi connectivity index (χ1v) is 19.3. The van der Waals surface area contributed by atoms with Gasteiger partial charge in [-0.25, -0.2) is 4.79 Å². The highest BCUT2D eigenvalue weighted by molar-refractivity contribution is 8.00. The normalized spacial score (nSPS) is 14.2. The highest BCUT2D eigenvalue weighted by Crippen LogP contribution is 2.42. The molecule has 55 heavy (non-hydrogen) atoms. The number of thioether (sulfide) groups is 1. The number of amides is 3. The van der Waals surface area contributed by atoms with E-state index in [-0.39, 0.29) is 11.6 Å². The van der Waals surface area contributed by atoms with Gasteiger partial charge in [-0.05, 0) is 84.8 Å². The number of fused-ring (bicyclic) bond motifs is 1. The highest BCUT2D eigenvalue weighted by Gasteiger charge is 2.31. The van der Waals surface area contributed by atoms with Gasteiger partial charge in [0.25, 0.3) is 11.8 Å². The summed E-state index contributed by atoms with van der Waals surface area (Å²) in [5.74, 6) is -0.313. The van der Waals surface area contributed by atoms with Gasteiger partial charge in [-0.2, -0.15) is 0 Å². The van der Waals surface area contributed by atoms with E-state index in [2.05, 4.69) is 22.9 Å².